The first-order valence-corrected chi connectivity index (χ1v) is 15.8. The van der Waals surface area contributed by atoms with E-state index in [9.17, 15) is 18.0 Å². The van der Waals surface area contributed by atoms with E-state index >= 15 is 0 Å². The van der Waals surface area contributed by atoms with Gasteiger partial charge in [0.25, 0.3) is 10.0 Å². The summed E-state index contributed by atoms with van der Waals surface area (Å²) in [6, 6.07) is 27.4. The summed E-state index contributed by atoms with van der Waals surface area (Å²) < 4.78 is 29.5. The molecule has 43 heavy (non-hydrogen) atoms. The number of anilines is 1. The molecule has 0 aliphatic rings. The number of likely N-dealkylation sites (N-methyl/N-ethyl adjacent to an activating group) is 1. The molecule has 9 heteroatoms. The van der Waals surface area contributed by atoms with Crippen LogP contribution in [0.25, 0.3) is 0 Å². The second kappa shape index (κ2) is 13.9. The van der Waals surface area contributed by atoms with Gasteiger partial charge in [0.05, 0.1) is 10.6 Å². The first-order valence-electron chi connectivity index (χ1n) is 14.0. The Balaban J connectivity index is 1.83. The fourth-order valence-electron chi connectivity index (χ4n) is 4.89. The molecular formula is C34H36ClN3O4S. The minimum Gasteiger partial charge on any atom is -0.357 e. The molecule has 0 fully saturated rings. The average Bonchev–Trinajstić information content (AvgIpc) is 3.00. The van der Waals surface area contributed by atoms with Gasteiger partial charge in [-0.1, -0.05) is 90.0 Å². The van der Waals surface area contributed by atoms with Crippen molar-refractivity contribution in [1.82, 2.24) is 10.2 Å². The predicted octanol–water partition coefficient (Wildman–Crippen LogP) is 5.85. The third-order valence-electron chi connectivity index (χ3n) is 7.55. The number of amides is 2. The Hall–Kier alpha value is -4.14. The maximum Gasteiger partial charge on any atom is 0.264 e. The molecule has 0 saturated heterocycles. The van der Waals surface area contributed by atoms with E-state index in [2.05, 4.69) is 5.32 Å². The zero-order valence-corrected chi connectivity index (χ0v) is 26.3. The second-order valence-corrected chi connectivity index (χ2v) is 12.7. The van der Waals surface area contributed by atoms with Gasteiger partial charge in [0.2, 0.25) is 11.8 Å². The highest BCUT2D eigenvalue weighted by Crippen LogP contribution is 2.30. The van der Waals surface area contributed by atoms with Crippen molar-refractivity contribution in [2.24, 2.45) is 0 Å². The molecule has 1 N–H and O–H groups in total. The number of rotatable bonds is 11. The zero-order valence-electron chi connectivity index (χ0n) is 24.7. The van der Waals surface area contributed by atoms with Crippen molar-refractivity contribution < 1.29 is 18.0 Å². The summed E-state index contributed by atoms with van der Waals surface area (Å²) in [5.74, 6) is -0.912. The topological polar surface area (TPSA) is 86.8 Å². The molecule has 0 aromatic heterocycles. The van der Waals surface area contributed by atoms with E-state index in [0.717, 1.165) is 26.6 Å². The van der Waals surface area contributed by atoms with Crippen molar-refractivity contribution in [3.8, 4) is 0 Å². The van der Waals surface area contributed by atoms with Crippen molar-refractivity contribution in [3.05, 3.63) is 130 Å². The molecule has 2 amide bonds. The van der Waals surface area contributed by atoms with Gasteiger partial charge < -0.3 is 10.2 Å². The van der Waals surface area contributed by atoms with Gasteiger partial charge in [0.15, 0.2) is 0 Å². The number of nitrogens with one attached hydrogen (secondary N) is 1. The number of nitrogens with zero attached hydrogens (tertiary/aromatic N) is 2. The highest BCUT2D eigenvalue weighted by Gasteiger charge is 2.35. The van der Waals surface area contributed by atoms with Crippen LogP contribution in [0.5, 0.6) is 0 Å². The number of benzene rings is 4. The highest BCUT2D eigenvalue weighted by atomic mass is 35.5. The molecule has 0 aliphatic carbocycles. The fraction of sp³-hybridized carbons (Fsp3) is 0.235. The molecule has 4 rings (SSSR count). The van der Waals surface area contributed by atoms with Gasteiger partial charge in [-0.15, -0.1) is 0 Å². The number of carbonyl (C=O) groups excluding carboxylic acids is 2. The molecule has 0 bridgehead atoms. The van der Waals surface area contributed by atoms with Crippen LogP contribution in [-0.2, 0) is 32.6 Å². The zero-order chi connectivity index (χ0) is 31.1. The predicted molar refractivity (Wildman–Crippen MR) is 172 cm³/mol. The van der Waals surface area contributed by atoms with Crippen LogP contribution in [0.3, 0.4) is 0 Å². The summed E-state index contributed by atoms with van der Waals surface area (Å²) in [5, 5.41) is 3.13. The van der Waals surface area contributed by atoms with Crippen LogP contribution >= 0.6 is 11.6 Å². The summed E-state index contributed by atoms with van der Waals surface area (Å²) in [7, 11) is -2.65. The van der Waals surface area contributed by atoms with Crippen molar-refractivity contribution in [3.63, 3.8) is 0 Å². The summed E-state index contributed by atoms with van der Waals surface area (Å²) >= 11 is 6.51. The Morgan fingerprint density at radius 1 is 0.837 bits per heavy atom. The maximum atomic E-state index is 14.4. The van der Waals surface area contributed by atoms with Gasteiger partial charge in [0.1, 0.15) is 12.6 Å². The van der Waals surface area contributed by atoms with Crippen LogP contribution < -0.4 is 9.62 Å². The van der Waals surface area contributed by atoms with Crippen molar-refractivity contribution in [2.75, 3.05) is 17.9 Å². The van der Waals surface area contributed by atoms with E-state index in [1.807, 2.05) is 57.2 Å². The Bertz CT molecular complexity index is 1690. The summed E-state index contributed by atoms with van der Waals surface area (Å²) in [4.78, 5) is 29.3. The third-order valence-corrected chi connectivity index (χ3v) is 9.69. The lowest BCUT2D eigenvalue weighted by Gasteiger charge is -2.34. The summed E-state index contributed by atoms with van der Waals surface area (Å²) in [6.07, 6.45) is 0.227. The van der Waals surface area contributed by atoms with Crippen LogP contribution in [0.1, 0.15) is 27.8 Å². The quantitative estimate of drug-likeness (QED) is 0.229. The molecule has 0 aliphatic heterocycles. The van der Waals surface area contributed by atoms with Gasteiger partial charge in [-0.2, -0.15) is 0 Å². The first-order chi connectivity index (χ1) is 20.5. The molecule has 0 heterocycles. The van der Waals surface area contributed by atoms with Gasteiger partial charge in [0, 0.05) is 25.0 Å². The minimum atomic E-state index is -4.17. The van der Waals surface area contributed by atoms with Crippen LogP contribution in [-0.4, -0.2) is 44.8 Å². The van der Waals surface area contributed by atoms with Crippen LogP contribution in [0.4, 0.5) is 5.69 Å². The number of halogens is 1. The monoisotopic (exact) mass is 617 g/mol. The SMILES string of the molecule is CNC(=O)[C@H](Cc1ccccc1)N(Cc1ccccc1Cl)C(=O)CN(c1cccc(C)c1C)S(=O)(=O)c1ccc(C)cc1. The van der Waals surface area contributed by atoms with Gasteiger partial charge in [-0.25, -0.2) is 8.42 Å². The maximum absolute atomic E-state index is 14.4. The van der Waals surface area contributed by atoms with E-state index < -0.39 is 28.5 Å². The summed E-state index contributed by atoms with van der Waals surface area (Å²) in [6.45, 7) is 5.09. The lowest BCUT2D eigenvalue weighted by molar-refractivity contribution is -0.139. The van der Waals surface area contributed by atoms with Gasteiger partial charge >= 0.3 is 0 Å². The molecule has 224 valence electrons. The molecule has 1 atom stereocenters. The molecule has 4 aromatic rings. The number of hydrogen-bond donors (Lipinski definition) is 1. The van der Waals surface area contributed by atoms with E-state index in [4.69, 9.17) is 11.6 Å². The van der Waals surface area contributed by atoms with Crippen LogP contribution in [0, 0.1) is 20.8 Å². The molecule has 0 saturated carbocycles. The molecular weight excluding hydrogens is 582 g/mol. The first kappa shape index (κ1) is 31.8. The Kier molecular flexibility index (Phi) is 10.3. The average molecular weight is 618 g/mol. The van der Waals surface area contributed by atoms with Crippen LogP contribution in [0.15, 0.2) is 102 Å². The van der Waals surface area contributed by atoms with Crippen molar-refractivity contribution >= 4 is 39.1 Å². The molecule has 0 unspecified atom stereocenters. The van der Waals surface area contributed by atoms with Crippen LogP contribution in [0.2, 0.25) is 5.02 Å². The standard InChI is InChI=1S/C34H36ClN3O4S/c1-24-17-19-29(20-18-24)43(41,42)38(31-16-10-11-25(2)26(31)3)23-33(39)37(22-28-14-8-9-15-30(28)35)32(34(40)36-4)21-27-12-6-5-7-13-27/h5-20,32H,21-23H2,1-4H3,(H,36,40)/t32-/m0/s1. The second-order valence-electron chi connectivity index (χ2n) is 10.5. The lowest BCUT2D eigenvalue weighted by Crippen LogP contribution is -2.53. The normalized spacial score (nSPS) is 11.9. The minimum absolute atomic E-state index is 0.00858. The van der Waals surface area contributed by atoms with Crippen molar-refractivity contribution in [1.29, 1.82) is 0 Å². The van der Waals surface area contributed by atoms with E-state index in [1.165, 1.54) is 24.1 Å². The Morgan fingerprint density at radius 2 is 1.49 bits per heavy atom. The number of aryl methyl sites for hydroxylation is 2. The van der Waals surface area contributed by atoms with Gasteiger partial charge in [-0.05, 0) is 67.3 Å². The number of carbonyl (C=O) groups is 2. The molecule has 4 aromatic carbocycles. The Morgan fingerprint density at radius 3 is 2.14 bits per heavy atom. The molecule has 0 radical (unpaired) electrons. The largest absolute Gasteiger partial charge is 0.357 e. The lowest BCUT2D eigenvalue weighted by atomic mass is 10.0. The summed E-state index contributed by atoms with van der Waals surface area (Å²) in [5.41, 5.74) is 4.41. The van der Waals surface area contributed by atoms with E-state index in [0.29, 0.717) is 16.3 Å². The fourth-order valence-corrected chi connectivity index (χ4v) is 6.55. The van der Waals surface area contributed by atoms with E-state index in [1.54, 1.807) is 48.5 Å². The van der Waals surface area contributed by atoms with Crippen molar-refractivity contribution in [2.45, 2.75) is 44.7 Å². The third kappa shape index (κ3) is 7.45. The highest BCUT2D eigenvalue weighted by molar-refractivity contribution is 7.92. The number of sulfonamides is 1. The molecule has 0 spiro atoms. The smallest absolute Gasteiger partial charge is 0.264 e. The number of hydrogen-bond acceptors (Lipinski definition) is 4. The Labute approximate surface area is 259 Å². The molecule has 7 nitrogen and oxygen atoms in total. The van der Waals surface area contributed by atoms with Gasteiger partial charge in [-0.3, -0.25) is 13.9 Å². The van der Waals surface area contributed by atoms with E-state index in [-0.39, 0.29) is 23.8 Å².